The highest BCUT2D eigenvalue weighted by Gasteiger charge is 2.55. The van der Waals surface area contributed by atoms with Gasteiger partial charge in [-0.15, -0.1) is 0 Å². The molecule has 3 nitrogen and oxygen atoms in total. The number of carboxylic acids is 1. The summed E-state index contributed by atoms with van der Waals surface area (Å²) >= 11 is 0. The number of hydrogen-bond acceptors (Lipinski definition) is 2. The minimum atomic E-state index is -0.727. The molecule has 0 spiro atoms. The second-order valence-corrected chi connectivity index (χ2v) is 5.15. The maximum absolute atomic E-state index is 11.4. The summed E-state index contributed by atoms with van der Waals surface area (Å²) in [6.45, 7) is 4.20. The standard InChI is InChI=1S/C12H15NO2/c1-11(2)7-12(8-11,10(14)15)9-4-3-5-13-6-9/h3-6H,7-8H2,1-2H3,(H,14,15). The van der Waals surface area contributed by atoms with E-state index in [1.165, 1.54) is 0 Å². The van der Waals surface area contributed by atoms with E-state index in [1.54, 1.807) is 18.5 Å². The SMILES string of the molecule is CC1(C)CC(C(=O)O)(c2cccnc2)C1. The molecule has 0 bridgehead atoms. The number of nitrogens with zero attached hydrogens (tertiary/aromatic N) is 1. The first-order chi connectivity index (χ1) is 6.96. The molecule has 2 rings (SSSR count). The monoisotopic (exact) mass is 205 g/mol. The third-order valence-electron chi connectivity index (χ3n) is 3.18. The number of rotatable bonds is 2. The maximum Gasteiger partial charge on any atom is 0.314 e. The molecule has 0 aliphatic heterocycles. The summed E-state index contributed by atoms with van der Waals surface area (Å²) in [5.41, 5.74) is 0.267. The van der Waals surface area contributed by atoms with Crippen molar-refractivity contribution >= 4 is 5.97 Å². The zero-order valence-electron chi connectivity index (χ0n) is 9.03. The van der Waals surface area contributed by atoms with E-state index in [4.69, 9.17) is 0 Å². The van der Waals surface area contributed by atoms with Gasteiger partial charge in [0, 0.05) is 12.4 Å². The van der Waals surface area contributed by atoms with E-state index in [2.05, 4.69) is 18.8 Å². The van der Waals surface area contributed by atoms with Crippen LogP contribution >= 0.6 is 0 Å². The highest BCUT2D eigenvalue weighted by Crippen LogP contribution is 2.55. The molecule has 1 heterocycles. The van der Waals surface area contributed by atoms with E-state index >= 15 is 0 Å². The molecule has 80 valence electrons. The van der Waals surface area contributed by atoms with Crippen LogP contribution in [0.4, 0.5) is 0 Å². The van der Waals surface area contributed by atoms with Crippen LogP contribution in [0.15, 0.2) is 24.5 Å². The molecule has 0 atom stereocenters. The van der Waals surface area contributed by atoms with Crippen molar-refractivity contribution in [3.63, 3.8) is 0 Å². The molecule has 1 aliphatic rings. The third kappa shape index (κ3) is 1.52. The van der Waals surface area contributed by atoms with Gasteiger partial charge in [-0.05, 0) is 29.9 Å². The van der Waals surface area contributed by atoms with Gasteiger partial charge in [-0.1, -0.05) is 19.9 Å². The Balaban J connectivity index is 2.36. The summed E-state index contributed by atoms with van der Waals surface area (Å²) in [6, 6.07) is 3.65. The van der Waals surface area contributed by atoms with Crippen LogP contribution < -0.4 is 0 Å². The fraction of sp³-hybridized carbons (Fsp3) is 0.500. The van der Waals surface area contributed by atoms with Crippen LogP contribution in [-0.4, -0.2) is 16.1 Å². The fourth-order valence-electron chi connectivity index (χ4n) is 2.71. The Morgan fingerprint density at radius 3 is 2.53 bits per heavy atom. The van der Waals surface area contributed by atoms with Gasteiger partial charge in [0.15, 0.2) is 0 Å². The van der Waals surface area contributed by atoms with Crippen molar-refractivity contribution in [3.8, 4) is 0 Å². The lowest BCUT2D eigenvalue weighted by Gasteiger charge is -2.50. The summed E-state index contributed by atoms with van der Waals surface area (Å²) in [6.07, 6.45) is 4.73. The van der Waals surface area contributed by atoms with Crippen molar-refractivity contribution in [3.05, 3.63) is 30.1 Å². The summed E-state index contributed by atoms with van der Waals surface area (Å²) < 4.78 is 0. The number of carboxylic acid groups (broad SMARTS) is 1. The second kappa shape index (κ2) is 3.05. The van der Waals surface area contributed by atoms with Crippen molar-refractivity contribution in [2.75, 3.05) is 0 Å². The van der Waals surface area contributed by atoms with Gasteiger partial charge >= 0.3 is 5.97 Å². The molecule has 3 heteroatoms. The van der Waals surface area contributed by atoms with Crippen LogP contribution in [0.1, 0.15) is 32.3 Å². The summed E-state index contributed by atoms with van der Waals surface area (Å²) in [7, 11) is 0. The van der Waals surface area contributed by atoms with Crippen molar-refractivity contribution in [2.24, 2.45) is 5.41 Å². The molecule has 0 aromatic carbocycles. The van der Waals surface area contributed by atoms with Crippen LogP contribution in [-0.2, 0) is 10.2 Å². The largest absolute Gasteiger partial charge is 0.481 e. The highest BCUT2D eigenvalue weighted by atomic mass is 16.4. The molecule has 1 aromatic rings. The highest BCUT2D eigenvalue weighted by molar-refractivity contribution is 5.83. The van der Waals surface area contributed by atoms with Gasteiger partial charge in [0.2, 0.25) is 0 Å². The zero-order chi connectivity index (χ0) is 11.1. The average molecular weight is 205 g/mol. The first kappa shape index (κ1) is 10.1. The Labute approximate surface area is 89.2 Å². The summed E-state index contributed by atoms with van der Waals surface area (Å²) in [5, 5.41) is 9.34. The Hall–Kier alpha value is -1.38. The molecule has 15 heavy (non-hydrogen) atoms. The molecule has 1 aromatic heterocycles. The predicted octanol–water partition coefficient (Wildman–Crippen LogP) is 2.22. The van der Waals surface area contributed by atoms with Crippen LogP contribution in [0.25, 0.3) is 0 Å². The van der Waals surface area contributed by atoms with Gasteiger partial charge in [-0.3, -0.25) is 9.78 Å². The fourth-order valence-corrected chi connectivity index (χ4v) is 2.71. The lowest BCUT2D eigenvalue weighted by Crippen LogP contribution is -2.52. The van der Waals surface area contributed by atoms with E-state index in [0.29, 0.717) is 12.8 Å². The minimum absolute atomic E-state index is 0.133. The Bertz CT molecular complexity index is 376. The van der Waals surface area contributed by atoms with Crippen LogP contribution in [0.2, 0.25) is 0 Å². The van der Waals surface area contributed by atoms with Gasteiger partial charge in [0.1, 0.15) is 0 Å². The average Bonchev–Trinajstić information content (AvgIpc) is 2.14. The van der Waals surface area contributed by atoms with Gasteiger partial charge in [0.05, 0.1) is 5.41 Å². The van der Waals surface area contributed by atoms with Crippen molar-refractivity contribution < 1.29 is 9.90 Å². The Kier molecular flexibility index (Phi) is 2.07. The predicted molar refractivity (Wildman–Crippen MR) is 56.6 cm³/mol. The minimum Gasteiger partial charge on any atom is -0.481 e. The molecular weight excluding hydrogens is 190 g/mol. The maximum atomic E-state index is 11.4. The van der Waals surface area contributed by atoms with E-state index in [9.17, 15) is 9.90 Å². The molecule has 0 amide bonds. The summed E-state index contributed by atoms with van der Waals surface area (Å²) in [4.78, 5) is 15.4. The van der Waals surface area contributed by atoms with Crippen molar-refractivity contribution in [2.45, 2.75) is 32.1 Å². The first-order valence-corrected chi connectivity index (χ1v) is 5.10. The smallest absolute Gasteiger partial charge is 0.314 e. The molecule has 1 N–H and O–H groups in total. The van der Waals surface area contributed by atoms with Crippen LogP contribution in [0, 0.1) is 5.41 Å². The molecule has 0 radical (unpaired) electrons. The normalized spacial score (nSPS) is 21.7. The quantitative estimate of drug-likeness (QED) is 0.805. The number of carbonyl (C=O) groups is 1. The van der Waals surface area contributed by atoms with Crippen molar-refractivity contribution in [1.29, 1.82) is 0 Å². The van der Waals surface area contributed by atoms with Crippen LogP contribution in [0.5, 0.6) is 0 Å². The molecule has 0 saturated heterocycles. The van der Waals surface area contributed by atoms with Gasteiger partial charge in [-0.25, -0.2) is 0 Å². The number of aliphatic carboxylic acids is 1. The molecule has 1 aliphatic carbocycles. The molecule has 1 saturated carbocycles. The Morgan fingerprint density at radius 1 is 1.47 bits per heavy atom. The van der Waals surface area contributed by atoms with E-state index in [0.717, 1.165) is 5.56 Å². The second-order valence-electron chi connectivity index (χ2n) is 5.15. The van der Waals surface area contributed by atoms with E-state index < -0.39 is 11.4 Å². The zero-order valence-corrected chi connectivity index (χ0v) is 9.03. The lowest BCUT2D eigenvalue weighted by atomic mass is 9.52. The third-order valence-corrected chi connectivity index (χ3v) is 3.18. The number of aromatic nitrogens is 1. The van der Waals surface area contributed by atoms with Crippen molar-refractivity contribution in [1.82, 2.24) is 4.98 Å². The van der Waals surface area contributed by atoms with Crippen LogP contribution in [0.3, 0.4) is 0 Å². The summed E-state index contributed by atoms with van der Waals surface area (Å²) in [5.74, 6) is -0.727. The molecule has 1 fully saturated rings. The number of hydrogen-bond donors (Lipinski definition) is 1. The lowest BCUT2D eigenvalue weighted by molar-refractivity contribution is -0.153. The first-order valence-electron chi connectivity index (χ1n) is 5.10. The van der Waals surface area contributed by atoms with Gasteiger partial charge in [-0.2, -0.15) is 0 Å². The molecular formula is C12H15NO2. The number of pyridine rings is 1. The van der Waals surface area contributed by atoms with Gasteiger partial charge < -0.3 is 5.11 Å². The van der Waals surface area contributed by atoms with E-state index in [-0.39, 0.29) is 5.41 Å². The van der Waals surface area contributed by atoms with Gasteiger partial charge in [0.25, 0.3) is 0 Å². The van der Waals surface area contributed by atoms with E-state index in [1.807, 2.05) is 6.07 Å². The Morgan fingerprint density at radius 2 is 2.13 bits per heavy atom. The molecule has 0 unspecified atom stereocenters. The topological polar surface area (TPSA) is 50.2 Å².